The molecule has 0 spiro atoms. The molecule has 0 saturated carbocycles. The Morgan fingerprint density at radius 1 is 1.33 bits per heavy atom. The Balaban J connectivity index is 0.00000364. The highest BCUT2D eigenvalue weighted by Crippen LogP contribution is 2.20. The minimum absolute atomic E-state index is 0. The normalized spacial score (nSPS) is 18.0. The zero-order chi connectivity index (χ0) is 18.8. The third-order valence-corrected chi connectivity index (χ3v) is 4.35. The van der Waals surface area contributed by atoms with Crippen molar-refractivity contribution < 1.29 is 14.2 Å². The molecule has 0 radical (unpaired) electrons. The van der Waals surface area contributed by atoms with E-state index < -0.39 is 0 Å². The van der Waals surface area contributed by atoms with Crippen LogP contribution in [-0.4, -0.2) is 63.5 Å². The number of hydrogen-bond acceptors (Lipinski definition) is 4. The van der Waals surface area contributed by atoms with Crippen molar-refractivity contribution in [3.8, 4) is 11.5 Å². The van der Waals surface area contributed by atoms with Crippen molar-refractivity contribution in [1.29, 1.82) is 0 Å². The van der Waals surface area contributed by atoms with E-state index in [0.29, 0.717) is 12.5 Å². The van der Waals surface area contributed by atoms with Crippen LogP contribution in [0.25, 0.3) is 0 Å². The van der Waals surface area contributed by atoms with Gasteiger partial charge in [0, 0.05) is 38.2 Å². The molecule has 27 heavy (non-hydrogen) atoms. The average Bonchev–Trinajstić information content (AvgIpc) is 3.12. The van der Waals surface area contributed by atoms with Gasteiger partial charge >= 0.3 is 0 Å². The van der Waals surface area contributed by atoms with Gasteiger partial charge in [0.2, 0.25) is 0 Å². The molecule has 6 nitrogen and oxygen atoms in total. The highest BCUT2D eigenvalue weighted by Gasteiger charge is 2.25. The van der Waals surface area contributed by atoms with Crippen LogP contribution >= 0.6 is 24.0 Å². The van der Waals surface area contributed by atoms with Crippen molar-refractivity contribution in [2.75, 3.05) is 46.5 Å². The molecule has 2 rings (SSSR count). The van der Waals surface area contributed by atoms with E-state index in [-0.39, 0.29) is 30.1 Å². The lowest BCUT2D eigenvalue weighted by Crippen LogP contribution is -2.41. The molecule has 0 amide bonds. The first-order valence-electron chi connectivity index (χ1n) is 9.57. The van der Waals surface area contributed by atoms with Crippen molar-refractivity contribution in [2.24, 2.45) is 10.9 Å². The van der Waals surface area contributed by atoms with Gasteiger partial charge in [-0.25, -0.2) is 4.99 Å². The van der Waals surface area contributed by atoms with Crippen LogP contribution in [-0.2, 0) is 4.74 Å². The number of nitrogens with one attached hydrogen (secondary N) is 1. The van der Waals surface area contributed by atoms with Crippen LogP contribution in [0.2, 0.25) is 0 Å². The molecule has 1 saturated heterocycles. The summed E-state index contributed by atoms with van der Waals surface area (Å²) >= 11 is 0. The first-order valence-corrected chi connectivity index (χ1v) is 9.57. The molecule has 1 aromatic rings. The molecule has 7 heteroatoms. The molecule has 154 valence electrons. The number of benzene rings is 1. The fourth-order valence-electron chi connectivity index (χ4n) is 3.03. The minimum Gasteiger partial charge on any atom is -0.497 e. The van der Waals surface area contributed by atoms with E-state index >= 15 is 0 Å². The summed E-state index contributed by atoms with van der Waals surface area (Å²) < 4.78 is 16.8. The molecule has 1 aliphatic rings. The number of guanidine groups is 1. The lowest BCUT2D eigenvalue weighted by molar-refractivity contribution is 0.114. The largest absolute Gasteiger partial charge is 0.497 e. The van der Waals surface area contributed by atoms with Gasteiger partial charge in [-0.2, -0.15) is 0 Å². The lowest BCUT2D eigenvalue weighted by Gasteiger charge is -2.22. The number of rotatable bonds is 9. The molecule has 1 aromatic carbocycles. The highest BCUT2D eigenvalue weighted by molar-refractivity contribution is 14.0. The third kappa shape index (κ3) is 8.13. The van der Waals surface area contributed by atoms with Crippen LogP contribution in [0.4, 0.5) is 0 Å². The Morgan fingerprint density at radius 3 is 2.81 bits per heavy atom. The maximum atomic E-state index is 5.97. The van der Waals surface area contributed by atoms with E-state index in [1.54, 1.807) is 7.11 Å². The van der Waals surface area contributed by atoms with Crippen molar-refractivity contribution in [3.63, 3.8) is 0 Å². The molecule has 2 unspecified atom stereocenters. The Bertz CT molecular complexity index is 571. The molecule has 2 atom stereocenters. The standard InChI is InChI=1S/C20H33N3O3.HI/c1-5-21-20(23-11-10-17(14-23)15-25-6-2)22-13-16(3)26-19-9-7-8-18(12-19)24-4;/h7-9,12,16-17H,5-6,10-11,13-15H2,1-4H3,(H,21,22);1H. The zero-order valence-corrected chi connectivity index (χ0v) is 19.3. The number of aliphatic imine (C=N–C) groups is 1. The third-order valence-electron chi connectivity index (χ3n) is 4.35. The van der Waals surface area contributed by atoms with Crippen molar-refractivity contribution in [2.45, 2.75) is 33.3 Å². The predicted octanol–water partition coefficient (Wildman–Crippen LogP) is 3.40. The molecule has 1 heterocycles. The van der Waals surface area contributed by atoms with Gasteiger partial charge in [0.15, 0.2) is 5.96 Å². The maximum absolute atomic E-state index is 5.97. The first-order chi connectivity index (χ1) is 12.7. The van der Waals surface area contributed by atoms with Gasteiger partial charge in [0.25, 0.3) is 0 Å². The topological polar surface area (TPSA) is 55.3 Å². The summed E-state index contributed by atoms with van der Waals surface area (Å²) in [6.07, 6.45) is 1.14. The van der Waals surface area contributed by atoms with Crippen LogP contribution in [0, 0.1) is 5.92 Å². The fraction of sp³-hybridized carbons (Fsp3) is 0.650. The Labute approximate surface area is 180 Å². The predicted molar refractivity (Wildman–Crippen MR) is 121 cm³/mol. The summed E-state index contributed by atoms with van der Waals surface area (Å²) in [6, 6.07) is 7.67. The Hall–Kier alpha value is -1.22. The summed E-state index contributed by atoms with van der Waals surface area (Å²) in [5, 5.41) is 3.40. The van der Waals surface area contributed by atoms with Crippen LogP contribution in [0.15, 0.2) is 29.3 Å². The first kappa shape index (κ1) is 23.8. The van der Waals surface area contributed by atoms with Gasteiger partial charge in [-0.1, -0.05) is 6.07 Å². The molecule has 1 aliphatic heterocycles. The Kier molecular flexibility index (Phi) is 11.5. The smallest absolute Gasteiger partial charge is 0.194 e. The van der Waals surface area contributed by atoms with E-state index in [4.69, 9.17) is 19.2 Å². The van der Waals surface area contributed by atoms with Gasteiger partial charge in [0.1, 0.15) is 17.6 Å². The zero-order valence-electron chi connectivity index (χ0n) is 16.9. The number of halogens is 1. The molecule has 1 fully saturated rings. The minimum atomic E-state index is -0.0161. The van der Waals surface area contributed by atoms with Gasteiger partial charge in [-0.15, -0.1) is 24.0 Å². The monoisotopic (exact) mass is 491 g/mol. The molecule has 0 aromatic heterocycles. The number of nitrogens with zero attached hydrogens (tertiary/aromatic N) is 2. The number of ether oxygens (including phenoxy) is 3. The second-order valence-electron chi connectivity index (χ2n) is 6.56. The van der Waals surface area contributed by atoms with Crippen LogP contribution in [0.1, 0.15) is 27.2 Å². The summed E-state index contributed by atoms with van der Waals surface area (Å²) in [5.41, 5.74) is 0. The van der Waals surface area contributed by atoms with Crippen molar-refractivity contribution >= 4 is 29.9 Å². The summed E-state index contributed by atoms with van der Waals surface area (Å²) in [5.74, 6) is 3.15. The van der Waals surface area contributed by atoms with Gasteiger partial charge < -0.3 is 24.4 Å². The molecule has 0 aliphatic carbocycles. The Morgan fingerprint density at radius 2 is 2.11 bits per heavy atom. The number of hydrogen-bond donors (Lipinski definition) is 1. The van der Waals surface area contributed by atoms with E-state index in [0.717, 1.165) is 56.7 Å². The average molecular weight is 491 g/mol. The van der Waals surface area contributed by atoms with Crippen molar-refractivity contribution in [1.82, 2.24) is 10.2 Å². The molecule has 0 bridgehead atoms. The van der Waals surface area contributed by atoms with Gasteiger partial charge in [-0.3, -0.25) is 0 Å². The molecular formula is C20H34IN3O3. The summed E-state index contributed by atoms with van der Waals surface area (Å²) in [4.78, 5) is 7.11. The van der Waals surface area contributed by atoms with Gasteiger partial charge in [0.05, 0.1) is 20.3 Å². The molecular weight excluding hydrogens is 457 g/mol. The fourth-order valence-corrected chi connectivity index (χ4v) is 3.03. The second kappa shape index (κ2) is 13.0. The lowest BCUT2D eigenvalue weighted by atomic mass is 10.1. The van der Waals surface area contributed by atoms with E-state index in [2.05, 4.69) is 17.1 Å². The second-order valence-corrected chi connectivity index (χ2v) is 6.56. The number of likely N-dealkylation sites (tertiary alicyclic amines) is 1. The van der Waals surface area contributed by atoms with Crippen LogP contribution < -0.4 is 14.8 Å². The summed E-state index contributed by atoms with van der Waals surface area (Å²) in [7, 11) is 1.66. The van der Waals surface area contributed by atoms with Crippen molar-refractivity contribution in [3.05, 3.63) is 24.3 Å². The van der Waals surface area contributed by atoms with E-state index in [1.165, 1.54) is 0 Å². The number of methoxy groups -OCH3 is 1. The molecule has 1 N–H and O–H groups in total. The quantitative estimate of drug-likeness (QED) is 0.326. The van der Waals surface area contributed by atoms with E-state index in [9.17, 15) is 0 Å². The van der Waals surface area contributed by atoms with Gasteiger partial charge in [-0.05, 0) is 39.3 Å². The SMILES string of the molecule is CCNC(=NCC(C)Oc1cccc(OC)c1)N1CCC(COCC)C1.I. The summed E-state index contributed by atoms with van der Waals surface area (Å²) in [6.45, 7) is 11.3. The highest BCUT2D eigenvalue weighted by atomic mass is 127. The van der Waals surface area contributed by atoms with Crippen LogP contribution in [0.5, 0.6) is 11.5 Å². The van der Waals surface area contributed by atoms with Crippen LogP contribution in [0.3, 0.4) is 0 Å². The van der Waals surface area contributed by atoms with E-state index in [1.807, 2.05) is 38.1 Å². The maximum Gasteiger partial charge on any atom is 0.194 e.